The van der Waals surface area contributed by atoms with Crippen LogP contribution in [0.3, 0.4) is 0 Å². The monoisotopic (exact) mass is 260 g/mol. The minimum atomic E-state index is 0.220. The molecule has 0 unspecified atom stereocenters. The molecule has 2 heterocycles. The Bertz CT molecular complexity index is 443. The summed E-state index contributed by atoms with van der Waals surface area (Å²) in [4.78, 5) is 22.2. The number of aromatic nitrogens is 4. The third-order valence-electron chi connectivity index (χ3n) is 1.50. The van der Waals surface area contributed by atoms with Gasteiger partial charge in [-0.25, -0.2) is 19.5 Å². The lowest BCUT2D eigenvalue weighted by Gasteiger charge is -2.05. The molecule has 0 bridgehead atoms. The van der Waals surface area contributed by atoms with E-state index in [9.17, 15) is 4.79 Å². The van der Waals surface area contributed by atoms with Crippen molar-refractivity contribution in [2.24, 2.45) is 0 Å². The molecule has 0 aromatic heterocycles. The van der Waals surface area contributed by atoms with Gasteiger partial charge in [0.1, 0.15) is 12.0 Å². The second kappa shape index (κ2) is 3.04. The topological polar surface area (TPSA) is 60.7 Å². The smallest absolute Gasteiger partial charge is 0.221 e. The van der Waals surface area contributed by atoms with Crippen LogP contribution in [-0.2, 0) is 4.79 Å². The van der Waals surface area contributed by atoms with E-state index in [-0.39, 0.29) is 5.15 Å². The largest absolute Gasteiger partial charge is 0.278 e. The van der Waals surface area contributed by atoms with E-state index < -0.39 is 0 Å². The Morgan fingerprint density at radius 2 is 2.31 bits per heavy atom. The molecule has 5 nitrogen and oxygen atoms in total. The van der Waals surface area contributed by atoms with Gasteiger partial charge in [-0.1, -0.05) is 11.6 Å². The Labute approximate surface area is 86.2 Å². The minimum absolute atomic E-state index is 0.220. The highest BCUT2D eigenvalue weighted by molar-refractivity contribution is 9.10. The highest BCUT2D eigenvalue weighted by Crippen LogP contribution is 2.26. The first-order valence-corrected chi connectivity index (χ1v) is 4.40. The molecule has 66 valence electrons. The van der Waals surface area contributed by atoms with Crippen LogP contribution in [0, 0.1) is 0 Å². The summed E-state index contributed by atoms with van der Waals surface area (Å²) in [7, 11) is 0. The number of fused-ring (bicyclic) bond motifs is 1. The lowest BCUT2D eigenvalue weighted by Crippen LogP contribution is -2.06. The first-order valence-electron chi connectivity index (χ1n) is 3.23. The molecule has 2 aliphatic rings. The van der Waals surface area contributed by atoms with E-state index in [1.807, 2.05) is 0 Å². The van der Waals surface area contributed by atoms with Gasteiger partial charge < -0.3 is 0 Å². The van der Waals surface area contributed by atoms with Crippen molar-refractivity contribution in [3.05, 3.63) is 16.2 Å². The highest BCUT2D eigenvalue weighted by Gasteiger charge is 2.17. The molecule has 0 radical (unpaired) electrons. The van der Waals surface area contributed by atoms with E-state index in [2.05, 4.69) is 30.9 Å². The first kappa shape index (κ1) is 8.58. The molecule has 7 heteroatoms. The maximum absolute atomic E-state index is 10.6. The van der Waals surface area contributed by atoms with Crippen molar-refractivity contribution in [1.82, 2.24) is 19.5 Å². The van der Waals surface area contributed by atoms with E-state index in [1.54, 1.807) is 0 Å². The van der Waals surface area contributed by atoms with Gasteiger partial charge in [0, 0.05) is 0 Å². The fourth-order valence-corrected chi connectivity index (χ4v) is 1.69. The van der Waals surface area contributed by atoms with E-state index in [1.165, 1.54) is 10.9 Å². The van der Waals surface area contributed by atoms with Gasteiger partial charge in [-0.2, -0.15) is 0 Å². The summed E-state index contributed by atoms with van der Waals surface area (Å²) in [5.41, 5.74) is 0.414. The maximum Gasteiger partial charge on any atom is 0.221 e. The van der Waals surface area contributed by atoms with Crippen LogP contribution in [0.5, 0.6) is 0 Å². The second-order valence-electron chi connectivity index (χ2n) is 2.19. The summed E-state index contributed by atoms with van der Waals surface area (Å²) in [6, 6.07) is 0. The standard InChI is InChI=1S/C6H2BrClN4O/c7-6-11-4(8)3-5(10-1-9-3)12(6)2-13/h1-2H. The minimum Gasteiger partial charge on any atom is -0.278 e. The van der Waals surface area contributed by atoms with Gasteiger partial charge in [-0.15, -0.1) is 0 Å². The van der Waals surface area contributed by atoms with Gasteiger partial charge in [-0.3, -0.25) is 4.79 Å². The zero-order chi connectivity index (χ0) is 9.42. The maximum atomic E-state index is 10.6. The van der Waals surface area contributed by atoms with Gasteiger partial charge in [-0.05, 0) is 15.9 Å². The van der Waals surface area contributed by atoms with Crippen molar-refractivity contribution in [2.45, 2.75) is 0 Å². The summed E-state index contributed by atoms with van der Waals surface area (Å²) < 4.78 is 1.52. The third-order valence-corrected chi connectivity index (χ3v) is 2.32. The fourth-order valence-electron chi connectivity index (χ4n) is 0.951. The van der Waals surface area contributed by atoms with Crippen molar-refractivity contribution in [1.29, 1.82) is 0 Å². The van der Waals surface area contributed by atoms with Crippen LogP contribution in [-0.4, -0.2) is 25.9 Å². The molecule has 0 spiro atoms. The van der Waals surface area contributed by atoms with Crippen molar-refractivity contribution in [3.63, 3.8) is 0 Å². The molecule has 0 saturated heterocycles. The first-order chi connectivity index (χ1) is 6.24. The van der Waals surface area contributed by atoms with Crippen LogP contribution in [0.1, 0.15) is 0 Å². The number of nitrogens with zero attached hydrogens (tertiary/aromatic N) is 4. The number of carbonyl (C=O) groups excluding carboxylic acids is 1. The predicted octanol–water partition coefficient (Wildman–Crippen LogP) is 1.23. The quantitative estimate of drug-likeness (QED) is 0.440. The molecule has 0 aromatic rings. The second-order valence-corrected chi connectivity index (χ2v) is 3.26. The molecule has 0 saturated carbocycles. The normalized spacial score (nSPS) is 10.6. The number of carbonyl (C=O) groups is 1. The van der Waals surface area contributed by atoms with Gasteiger partial charge in [0.25, 0.3) is 0 Å². The van der Waals surface area contributed by atoms with E-state index in [4.69, 9.17) is 11.6 Å². The van der Waals surface area contributed by atoms with Crippen LogP contribution in [0.2, 0.25) is 5.15 Å². The van der Waals surface area contributed by atoms with Crippen LogP contribution < -0.4 is 0 Å². The molecule has 2 aliphatic heterocycles. The average Bonchev–Trinajstić information content (AvgIpc) is 2.53. The number of hydrogen-bond donors (Lipinski definition) is 0. The Morgan fingerprint density at radius 1 is 1.54 bits per heavy atom. The summed E-state index contributed by atoms with van der Waals surface area (Å²) >= 11 is 8.84. The zero-order valence-corrected chi connectivity index (χ0v) is 8.45. The predicted molar refractivity (Wildman–Crippen MR) is 49.3 cm³/mol. The molecule has 13 heavy (non-hydrogen) atoms. The molecule has 0 aromatic carbocycles. The summed E-state index contributed by atoms with van der Waals surface area (Å²) in [6.07, 6.45) is 1.91. The molecule has 0 fully saturated rings. The van der Waals surface area contributed by atoms with Gasteiger partial charge in [0.15, 0.2) is 15.7 Å². The van der Waals surface area contributed by atoms with E-state index >= 15 is 0 Å². The molecule has 0 atom stereocenters. The van der Waals surface area contributed by atoms with E-state index in [0.29, 0.717) is 22.7 Å². The number of hydrogen-bond acceptors (Lipinski definition) is 4. The van der Waals surface area contributed by atoms with Crippen molar-refractivity contribution in [2.75, 3.05) is 0 Å². The molecule has 0 N–H and O–H groups in total. The van der Waals surface area contributed by atoms with Crippen LogP contribution >= 0.6 is 27.5 Å². The molecule has 2 rings (SSSR count). The van der Waals surface area contributed by atoms with Crippen molar-refractivity contribution >= 4 is 33.9 Å². The zero-order valence-electron chi connectivity index (χ0n) is 6.11. The Balaban J connectivity index is 2.86. The van der Waals surface area contributed by atoms with Crippen LogP contribution in [0.25, 0.3) is 11.5 Å². The lowest BCUT2D eigenvalue weighted by molar-refractivity contribution is 0.545. The number of halogens is 2. The fraction of sp³-hybridized carbons (Fsp3) is 0. The SMILES string of the molecule is O=Cn1c(Br)nc(Cl)c2ncnc1-2. The van der Waals surface area contributed by atoms with E-state index in [0.717, 1.165) is 0 Å². The van der Waals surface area contributed by atoms with Gasteiger partial charge in [0.05, 0.1) is 0 Å². The van der Waals surface area contributed by atoms with Crippen LogP contribution in [0.4, 0.5) is 0 Å². The Kier molecular flexibility index (Phi) is 2.01. The summed E-state index contributed by atoms with van der Waals surface area (Å²) in [5.74, 6) is 0.391. The highest BCUT2D eigenvalue weighted by atomic mass is 79.9. The summed E-state index contributed by atoms with van der Waals surface area (Å²) in [6.45, 7) is 0. The molecule has 0 aliphatic carbocycles. The summed E-state index contributed by atoms with van der Waals surface area (Å²) in [5, 5.41) is 0.220. The lowest BCUT2D eigenvalue weighted by atomic mass is 10.4. The Morgan fingerprint density at radius 3 is 3.00 bits per heavy atom. The molecular weight excluding hydrogens is 259 g/mol. The third kappa shape index (κ3) is 1.22. The molecule has 0 amide bonds. The Hall–Kier alpha value is -1.01. The van der Waals surface area contributed by atoms with Gasteiger partial charge in [0.2, 0.25) is 6.41 Å². The number of rotatable bonds is 1. The van der Waals surface area contributed by atoms with Gasteiger partial charge >= 0.3 is 0 Å². The van der Waals surface area contributed by atoms with Crippen molar-refractivity contribution < 1.29 is 4.79 Å². The molecular formula is C6H2BrClN4O. The number of imidazole rings is 1. The van der Waals surface area contributed by atoms with Crippen LogP contribution in [0.15, 0.2) is 11.1 Å². The van der Waals surface area contributed by atoms with Crippen molar-refractivity contribution in [3.8, 4) is 11.5 Å². The average molecular weight is 261 g/mol.